The van der Waals surface area contributed by atoms with Gasteiger partial charge in [0.1, 0.15) is 23.4 Å². The van der Waals surface area contributed by atoms with Gasteiger partial charge in [-0.1, -0.05) is 45.0 Å². The third-order valence-electron chi connectivity index (χ3n) is 9.64. The Labute approximate surface area is 296 Å². The van der Waals surface area contributed by atoms with Gasteiger partial charge in [-0.15, -0.1) is 16.8 Å². The molecule has 6 rings (SSSR count). The molecular formula is C35H42N8O7S. The Kier molecular flexibility index (Phi) is 9.48. The van der Waals surface area contributed by atoms with Crippen molar-refractivity contribution < 1.29 is 32.3 Å². The summed E-state index contributed by atoms with van der Waals surface area (Å²) in [5.41, 5.74) is -1.29. The second-order valence-corrected chi connectivity index (χ2v) is 16.3. The van der Waals surface area contributed by atoms with Gasteiger partial charge in [0.05, 0.1) is 18.4 Å². The predicted octanol–water partition coefficient (Wildman–Crippen LogP) is 2.00. The van der Waals surface area contributed by atoms with Crippen molar-refractivity contribution in [2.45, 2.75) is 75.4 Å². The van der Waals surface area contributed by atoms with E-state index < -0.39 is 73.9 Å². The molecule has 2 saturated carbocycles. The molecule has 270 valence electrons. The molecule has 0 spiro atoms. The number of carbonyl (C=O) groups excluding carboxylic acids is 4. The van der Waals surface area contributed by atoms with Gasteiger partial charge in [0.25, 0.3) is 11.8 Å². The van der Waals surface area contributed by atoms with E-state index in [1.54, 1.807) is 61.7 Å². The number of benzene rings is 2. The van der Waals surface area contributed by atoms with Crippen molar-refractivity contribution in [1.82, 2.24) is 40.5 Å². The number of hydrogen-bond acceptors (Lipinski definition) is 10. The van der Waals surface area contributed by atoms with Gasteiger partial charge in [0.15, 0.2) is 0 Å². The largest absolute Gasteiger partial charge is 0.497 e. The van der Waals surface area contributed by atoms with Gasteiger partial charge >= 0.3 is 0 Å². The molecule has 2 aromatic carbocycles. The van der Waals surface area contributed by atoms with Gasteiger partial charge in [-0.2, -0.15) is 4.80 Å². The highest BCUT2D eigenvalue weighted by Crippen LogP contribution is 2.45. The van der Waals surface area contributed by atoms with Crippen LogP contribution < -0.4 is 20.1 Å². The van der Waals surface area contributed by atoms with Crippen LogP contribution in [0.5, 0.6) is 5.75 Å². The number of nitrogens with one attached hydrogen (secondary N) is 3. The molecule has 3 N–H and O–H groups in total. The number of rotatable bonds is 12. The van der Waals surface area contributed by atoms with Gasteiger partial charge in [-0.05, 0) is 66.3 Å². The van der Waals surface area contributed by atoms with Crippen molar-refractivity contribution in [2.75, 3.05) is 13.7 Å². The molecule has 3 fully saturated rings. The average Bonchev–Trinajstić information content (AvgIpc) is 3.99. The van der Waals surface area contributed by atoms with E-state index in [2.05, 4.69) is 37.3 Å². The summed E-state index contributed by atoms with van der Waals surface area (Å²) in [6.07, 6.45) is 2.61. The zero-order chi connectivity index (χ0) is 36.7. The second-order valence-electron chi connectivity index (χ2n) is 14.4. The van der Waals surface area contributed by atoms with Crippen LogP contribution in [0, 0.1) is 11.3 Å². The van der Waals surface area contributed by atoms with Gasteiger partial charge in [-0.3, -0.25) is 23.9 Å². The molecule has 51 heavy (non-hydrogen) atoms. The standard InChI is InChI=1S/C35H42N8O7S/c1-6-23-19-35(23,33(47)40-51(48,49)26-16-17-26)37-31(45)27-18-24(43-39-29(38-41-43)21-12-14-25(50-5)15-13-21)20-42(27)32(46)28(34(2,3)4)36-30(44)22-10-8-7-9-11-22/h6-15,23-24,26-28H,1,16-20H2,2-5H3,(H,36,44)(H,37,45)(H,40,47)/t23-,24-,27+,28-,35-/m1/s1. The topological polar surface area (TPSA) is 195 Å². The van der Waals surface area contributed by atoms with Crippen LogP contribution >= 0.6 is 0 Å². The number of ether oxygens (including phenoxy) is 1. The SMILES string of the molecule is C=C[C@@H]1C[C@]1(NC(=O)[C@@H]1C[C@@H](n2nnc(-c3ccc(OC)cc3)n2)CN1C(=O)[C@@H](NC(=O)c1ccccc1)C(C)(C)C)C(=O)NS(=O)(=O)C1CC1. The molecule has 4 amide bonds. The molecule has 3 aliphatic rings. The van der Waals surface area contributed by atoms with E-state index in [0.29, 0.717) is 35.5 Å². The van der Waals surface area contributed by atoms with Crippen LogP contribution in [0.15, 0.2) is 67.3 Å². The lowest BCUT2D eigenvalue weighted by Gasteiger charge is -2.35. The average molecular weight is 719 g/mol. The van der Waals surface area contributed by atoms with E-state index in [0.717, 1.165) is 0 Å². The summed E-state index contributed by atoms with van der Waals surface area (Å²) < 4.78 is 32.7. The Bertz CT molecular complexity index is 1940. The maximum atomic E-state index is 14.5. The first-order valence-corrected chi connectivity index (χ1v) is 18.3. The number of nitrogens with zero attached hydrogens (tertiary/aromatic N) is 5. The number of likely N-dealkylation sites (tertiary alicyclic amines) is 1. The lowest BCUT2D eigenvalue weighted by molar-refractivity contribution is -0.142. The molecule has 1 saturated heterocycles. The first-order chi connectivity index (χ1) is 24.2. The van der Waals surface area contributed by atoms with Crippen molar-refractivity contribution >= 4 is 33.7 Å². The summed E-state index contributed by atoms with van der Waals surface area (Å²) >= 11 is 0. The van der Waals surface area contributed by atoms with Crippen LogP contribution in [0.3, 0.4) is 0 Å². The molecule has 0 bridgehead atoms. The van der Waals surface area contributed by atoms with Crippen LogP contribution in [0.25, 0.3) is 11.4 Å². The molecule has 2 aliphatic carbocycles. The Balaban J connectivity index is 1.29. The number of tetrazole rings is 1. The van der Waals surface area contributed by atoms with Crippen LogP contribution in [0.1, 0.15) is 62.9 Å². The third-order valence-corrected chi connectivity index (χ3v) is 11.5. The monoisotopic (exact) mass is 718 g/mol. The molecule has 2 heterocycles. The lowest BCUT2D eigenvalue weighted by atomic mass is 9.85. The molecule has 0 radical (unpaired) electrons. The van der Waals surface area contributed by atoms with Gasteiger partial charge < -0.3 is 20.3 Å². The first-order valence-electron chi connectivity index (χ1n) is 16.8. The fourth-order valence-electron chi connectivity index (χ4n) is 6.35. The number of aromatic nitrogens is 4. The fourth-order valence-corrected chi connectivity index (χ4v) is 7.71. The summed E-state index contributed by atoms with van der Waals surface area (Å²) in [7, 11) is -2.33. The molecule has 16 heteroatoms. The Morgan fingerprint density at radius 1 is 1.06 bits per heavy atom. The number of hydrogen-bond donors (Lipinski definition) is 3. The van der Waals surface area contributed by atoms with Crippen molar-refractivity contribution in [2.24, 2.45) is 11.3 Å². The summed E-state index contributed by atoms with van der Waals surface area (Å²) in [5.74, 6) is -2.02. The lowest BCUT2D eigenvalue weighted by Crippen LogP contribution is -2.60. The number of methoxy groups -OCH3 is 1. The van der Waals surface area contributed by atoms with E-state index in [9.17, 15) is 27.6 Å². The highest BCUT2D eigenvalue weighted by atomic mass is 32.2. The normalized spacial score (nSPS) is 23.5. The smallest absolute Gasteiger partial charge is 0.259 e. The van der Waals surface area contributed by atoms with E-state index in [4.69, 9.17) is 4.74 Å². The minimum absolute atomic E-state index is 0.0107. The highest BCUT2D eigenvalue weighted by molar-refractivity contribution is 7.91. The van der Waals surface area contributed by atoms with Crippen molar-refractivity contribution in [1.29, 1.82) is 0 Å². The van der Waals surface area contributed by atoms with Crippen LogP contribution in [-0.2, 0) is 24.4 Å². The van der Waals surface area contributed by atoms with Crippen LogP contribution in [-0.4, -0.2) is 93.7 Å². The van der Waals surface area contributed by atoms with Crippen molar-refractivity contribution in [3.05, 3.63) is 72.8 Å². The summed E-state index contributed by atoms with van der Waals surface area (Å²) in [4.78, 5) is 58.2. The van der Waals surface area contributed by atoms with Crippen molar-refractivity contribution in [3.63, 3.8) is 0 Å². The molecule has 0 unspecified atom stereocenters. The summed E-state index contributed by atoms with van der Waals surface area (Å²) in [6.45, 7) is 9.18. The maximum absolute atomic E-state index is 14.5. The molecular weight excluding hydrogens is 677 g/mol. The predicted molar refractivity (Wildman–Crippen MR) is 185 cm³/mol. The first kappa shape index (κ1) is 35.7. The van der Waals surface area contributed by atoms with E-state index in [1.807, 2.05) is 20.8 Å². The number of carbonyl (C=O) groups is 4. The summed E-state index contributed by atoms with van der Waals surface area (Å²) in [6, 6.07) is 12.8. The number of sulfonamides is 1. The molecule has 3 aromatic rings. The second kappa shape index (κ2) is 13.5. The molecule has 1 aromatic heterocycles. The third kappa shape index (κ3) is 7.36. The van der Waals surface area contributed by atoms with E-state index >= 15 is 0 Å². The quantitative estimate of drug-likeness (QED) is 0.233. The van der Waals surface area contributed by atoms with E-state index in [1.165, 1.54) is 15.8 Å². The fraction of sp³-hybridized carbons (Fsp3) is 0.457. The highest BCUT2D eigenvalue weighted by Gasteiger charge is 2.62. The zero-order valence-corrected chi connectivity index (χ0v) is 29.7. The van der Waals surface area contributed by atoms with Gasteiger partial charge in [0.2, 0.25) is 27.7 Å². The Morgan fingerprint density at radius 3 is 2.33 bits per heavy atom. The summed E-state index contributed by atoms with van der Waals surface area (Å²) in [5, 5.41) is 18.0. The Hall–Kier alpha value is -5.12. The minimum Gasteiger partial charge on any atom is -0.497 e. The molecule has 15 nitrogen and oxygen atoms in total. The van der Waals surface area contributed by atoms with Crippen molar-refractivity contribution in [3.8, 4) is 17.1 Å². The van der Waals surface area contributed by atoms with Crippen LogP contribution in [0.2, 0.25) is 0 Å². The van der Waals surface area contributed by atoms with Gasteiger partial charge in [-0.25, -0.2) is 8.42 Å². The zero-order valence-electron chi connectivity index (χ0n) is 28.9. The minimum atomic E-state index is -3.90. The maximum Gasteiger partial charge on any atom is 0.259 e. The van der Waals surface area contributed by atoms with E-state index in [-0.39, 0.29) is 19.4 Å². The number of amides is 4. The van der Waals surface area contributed by atoms with Crippen LogP contribution in [0.4, 0.5) is 0 Å². The molecule has 5 atom stereocenters. The molecule has 1 aliphatic heterocycles. The Morgan fingerprint density at radius 2 is 1.75 bits per heavy atom. The van der Waals surface area contributed by atoms with Gasteiger partial charge in [0, 0.05) is 30.0 Å².